The van der Waals surface area contributed by atoms with Gasteiger partial charge >= 0.3 is 0 Å². The number of amides is 2. The molecule has 0 radical (unpaired) electrons. The van der Waals surface area contributed by atoms with E-state index in [-0.39, 0.29) is 30.6 Å². The highest BCUT2D eigenvalue weighted by Crippen LogP contribution is 2.39. The molecule has 1 aromatic heterocycles. The molecule has 0 bridgehead atoms. The molecule has 2 heterocycles. The molecule has 1 aliphatic rings. The second-order valence-electron chi connectivity index (χ2n) is 12.4. The SMILES string of the molecule is Nc1ccccc1NC(=O)CCCCC(=O)NCc1cccc(-c2ccc(C3OC(CSc4ncn[nH]4)CC(c4ccc(CO)cc4)O3)cc2)c1. The van der Waals surface area contributed by atoms with Gasteiger partial charge in [-0.2, -0.15) is 5.10 Å². The highest BCUT2D eigenvalue weighted by atomic mass is 32.2. The number of aromatic amines is 1. The van der Waals surface area contributed by atoms with Crippen LogP contribution in [0.4, 0.5) is 11.4 Å². The number of ether oxygens (including phenoxy) is 2. The molecule has 1 fully saturated rings. The third kappa shape index (κ3) is 10.3. The number of rotatable bonds is 15. The first-order valence-corrected chi connectivity index (χ1v) is 18.0. The summed E-state index contributed by atoms with van der Waals surface area (Å²) in [5.41, 5.74) is 12.9. The van der Waals surface area contributed by atoms with Crippen LogP contribution < -0.4 is 16.4 Å². The molecule has 264 valence electrons. The summed E-state index contributed by atoms with van der Waals surface area (Å²) in [5.74, 6) is 0.516. The molecule has 51 heavy (non-hydrogen) atoms. The molecule has 1 saturated heterocycles. The van der Waals surface area contributed by atoms with E-state index in [0.717, 1.165) is 38.5 Å². The van der Waals surface area contributed by atoms with E-state index in [9.17, 15) is 14.7 Å². The zero-order chi connectivity index (χ0) is 35.4. The number of aliphatic hydroxyl groups is 1. The van der Waals surface area contributed by atoms with Gasteiger partial charge in [-0.05, 0) is 58.9 Å². The number of anilines is 2. The van der Waals surface area contributed by atoms with Crippen molar-refractivity contribution < 1.29 is 24.2 Å². The Balaban J connectivity index is 1.01. The first-order valence-electron chi connectivity index (χ1n) is 17.0. The molecule has 6 rings (SSSR count). The maximum Gasteiger partial charge on any atom is 0.224 e. The molecule has 3 atom stereocenters. The lowest BCUT2D eigenvalue weighted by Crippen LogP contribution is -2.31. The number of hydrogen-bond acceptors (Lipinski definition) is 9. The first kappa shape index (κ1) is 35.8. The van der Waals surface area contributed by atoms with Crippen molar-refractivity contribution in [3.8, 4) is 11.1 Å². The number of nitrogens with two attached hydrogens (primary N) is 1. The van der Waals surface area contributed by atoms with Crippen LogP contribution in [-0.2, 0) is 32.2 Å². The smallest absolute Gasteiger partial charge is 0.224 e. The number of H-pyrrole nitrogens is 1. The number of thioether (sulfide) groups is 1. The van der Waals surface area contributed by atoms with Crippen LogP contribution in [0, 0.1) is 0 Å². The number of nitrogens with zero attached hydrogens (tertiary/aromatic N) is 2. The molecule has 1 aliphatic heterocycles. The van der Waals surface area contributed by atoms with E-state index < -0.39 is 6.29 Å². The van der Waals surface area contributed by atoms with Crippen LogP contribution in [0.5, 0.6) is 0 Å². The summed E-state index contributed by atoms with van der Waals surface area (Å²) in [4.78, 5) is 29.0. The van der Waals surface area contributed by atoms with E-state index in [1.54, 1.807) is 23.9 Å². The summed E-state index contributed by atoms with van der Waals surface area (Å²) in [6.07, 6.45) is 3.23. The number of aromatic nitrogens is 3. The van der Waals surface area contributed by atoms with Crippen molar-refractivity contribution >= 4 is 35.0 Å². The van der Waals surface area contributed by atoms with Crippen molar-refractivity contribution in [1.29, 1.82) is 0 Å². The van der Waals surface area contributed by atoms with E-state index >= 15 is 0 Å². The lowest BCUT2D eigenvalue weighted by molar-refractivity contribution is -0.245. The van der Waals surface area contributed by atoms with Gasteiger partial charge in [-0.1, -0.05) is 90.6 Å². The quantitative estimate of drug-likeness (QED) is 0.0453. The Bertz CT molecular complexity index is 1870. The number of hydrogen-bond donors (Lipinski definition) is 5. The third-order valence-corrected chi connectivity index (χ3v) is 9.65. The minimum Gasteiger partial charge on any atom is -0.397 e. The van der Waals surface area contributed by atoms with E-state index in [0.29, 0.717) is 55.8 Å². The zero-order valence-corrected chi connectivity index (χ0v) is 29.0. The Morgan fingerprint density at radius 3 is 2.37 bits per heavy atom. The molecule has 5 aromatic rings. The average Bonchev–Trinajstić information content (AvgIpc) is 3.70. The highest BCUT2D eigenvalue weighted by Gasteiger charge is 2.32. The Hall–Kier alpha value is -5.01. The molecule has 11 nitrogen and oxygen atoms in total. The van der Waals surface area contributed by atoms with Crippen LogP contribution >= 0.6 is 11.8 Å². The van der Waals surface area contributed by atoms with Gasteiger partial charge in [-0.25, -0.2) is 4.98 Å². The number of carbonyl (C=O) groups is 2. The number of unbranched alkanes of at least 4 members (excludes halogenated alkanes) is 1. The van der Waals surface area contributed by atoms with Crippen molar-refractivity contribution in [2.24, 2.45) is 0 Å². The highest BCUT2D eigenvalue weighted by molar-refractivity contribution is 7.99. The zero-order valence-electron chi connectivity index (χ0n) is 28.2. The minimum absolute atomic E-state index is 0.00651. The maximum absolute atomic E-state index is 12.5. The number of benzene rings is 4. The van der Waals surface area contributed by atoms with Crippen molar-refractivity contribution in [3.05, 3.63) is 126 Å². The summed E-state index contributed by atoms with van der Waals surface area (Å²) < 4.78 is 13.0. The Labute approximate surface area is 301 Å². The Morgan fingerprint density at radius 1 is 0.863 bits per heavy atom. The van der Waals surface area contributed by atoms with Crippen LogP contribution in [0.1, 0.15) is 66.8 Å². The van der Waals surface area contributed by atoms with E-state index in [1.807, 2.05) is 66.7 Å². The number of para-hydroxylation sites is 2. The standard InChI is InChI=1S/C39H42N6O5S/c40-33-8-1-2-9-34(33)44-37(48)11-4-3-10-36(47)41-22-27-6-5-7-31(20-27)28-16-18-30(19-17-28)38-49-32(24-51-39-42-25-43-45-39)21-35(50-38)29-14-12-26(23-46)13-15-29/h1-2,5-9,12-20,25,32,35,38,46H,3-4,10-11,21-24,40H2,(H,41,47)(H,44,48)(H,42,43,45). The van der Waals surface area contributed by atoms with Gasteiger partial charge in [-0.3, -0.25) is 14.7 Å². The maximum atomic E-state index is 12.5. The van der Waals surface area contributed by atoms with Gasteiger partial charge in [0.05, 0.1) is 30.2 Å². The normalized spacial score (nSPS) is 17.2. The summed E-state index contributed by atoms with van der Waals surface area (Å²) in [7, 11) is 0. The van der Waals surface area contributed by atoms with Crippen LogP contribution in [0.25, 0.3) is 11.1 Å². The first-order chi connectivity index (χ1) is 24.9. The third-order valence-electron chi connectivity index (χ3n) is 8.64. The van der Waals surface area contributed by atoms with E-state index in [1.165, 1.54) is 6.33 Å². The van der Waals surface area contributed by atoms with Gasteiger partial charge in [0.15, 0.2) is 11.4 Å². The number of nitrogens with one attached hydrogen (secondary N) is 3. The fourth-order valence-corrected chi connectivity index (χ4v) is 6.63. The Morgan fingerprint density at radius 2 is 1.63 bits per heavy atom. The molecule has 12 heteroatoms. The van der Waals surface area contributed by atoms with Crippen LogP contribution in [-0.4, -0.2) is 44.0 Å². The molecular formula is C39H42N6O5S. The predicted molar refractivity (Wildman–Crippen MR) is 197 cm³/mol. The Kier molecular flexibility index (Phi) is 12.5. The molecule has 0 saturated carbocycles. The van der Waals surface area contributed by atoms with Gasteiger partial charge in [0, 0.05) is 37.1 Å². The van der Waals surface area contributed by atoms with Crippen LogP contribution in [0.15, 0.2) is 109 Å². The predicted octanol–water partition coefficient (Wildman–Crippen LogP) is 6.70. The number of nitrogen functional groups attached to an aromatic ring is 1. The summed E-state index contributed by atoms with van der Waals surface area (Å²) >= 11 is 1.56. The largest absolute Gasteiger partial charge is 0.397 e. The van der Waals surface area contributed by atoms with Crippen molar-refractivity contribution in [1.82, 2.24) is 20.5 Å². The van der Waals surface area contributed by atoms with Crippen molar-refractivity contribution in [2.75, 3.05) is 16.8 Å². The lowest BCUT2D eigenvalue weighted by atomic mass is 9.99. The van der Waals surface area contributed by atoms with E-state index in [2.05, 4.69) is 44.0 Å². The molecule has 6 N–H and O–H groups in total. The van der Waals surface area contributed by atoms with Crippen LogP contribution in [0.3, 0.4) is 0 Å². The van der Waals surface area contributed by atoms with Gasteiger partial charge < -0.3 is 30.9 Å². The molecule has 3 unspecified atom stereocenters. The second kappa shape index (κ2) is 17.8. The lowest BCUT2D eigenvalue weighted by Gasteiger charge is -2.36. The fraction of sp³-hybridized carbons (Fsp3) is 0.282. The molecule has 0 aliphatic carbocycles. The van der Waals surface area contributed by atoms with Crippen LogP contribution in [0.2, 0.25) is 0 Å². The average molecular weight is 707 g/mol. The number of aliphatic hydroxyl groups excluding tert-OH is 1. The molecule has 0 spiro atoms. The summed E-state index contributed by atoms with van der Waals surface area (Å²) in [6.45, 7) is 0.407. The summed E-state index contributed by atoms with van der Waals surface area (Å²) in [5, 5.41) is 22.9. The summed E-state index contributed by atoms with van der Waals surface area (Å²) in [6, 6.07) is 31.3. The minimum atomic E-state index is -0.561. The molecule has 2 amide bonds. The van der Waals surface area contributed by atoms with E-state index in [4.69, 9.17) is 15.2 Å². The van der Waals surface area contributed by atoms with Crippen molar-refractivity contribution in [2.45, 2.75) is 68.9 Å². The topological polar surface area (TPSA) is 164 Å². The van der Waals surface area contributed by atoms with Crippen molar-refractivity contribution in [3.63, 3.8) is 0 Å². The van der Waals surface area contributed by atoms with Gasteiger partial charge in [-0.15, -0.1) is 0 Å². The molecule has 4 aromatic carbocycles. The van der Waals surface area contributed by atoms with Gasteiger partial charge in [0.1, 0.15) is 6.33 Å². The number of carbonyl (C=O) groups excluding carboxylic acids is 2. The van der Waals surface area contributed by atoms with Gasteiger partial charge in [0.2, 0.25) is 11.8 Å². The fourth-order valence-electron chi connectivity index (χ4n) is 5.84. The van der Waals surface area contributed by atoms with Gasteiger partial charge in [0.25, 0.3) is 0 Å². The second-order valence-corrected chi connectivity index (χ2v) is 13.4. The monoisotopic (exact) mass is 706 g/mol. The molecular weight excluding hydrogens is 665 g/mol.